The maximum Gasteiger partial charge on any atom is 0.119 e. The van der Waals surface area contributed by atoms with Crippen LogP contribution in [0.1, 0.15) is 30.0 Å². The van der Waals surface area contributed by atoms with Gasteiger partial charge in [-0.25, -0.2) is 0 Å². The number of nitrogens with one attached hydrogen (secondary N) is 1. The number of hydrogen-bond acceptors (Lipinski definition) is 4. The van der Waals surface area contributed by atoms with E-state index in [1.165, 1.54) is 17.5 Å². The Morgan fingerprint density at radius 3 is 2.90 bits per heavy atom. The first-order valence-corrected chi connectivity index (χ1v) is 7.32. The third kappa shape index (κ3) is 4.20. The molecule has 1 aromatic carbocycles. The topological polar surface area (TPSA) is 39.7 Å². The molecule has 0 saturated heterocycles. The highest BCUT2D eigenvalue weighted by Gasteiger charge is 2.22. The Balaban J connectivity index is 1.71. The van der Waals surface area contributed by atoms with Crippen molar-refractivity contribution in [3.8, 4) is 5.75 Å². The molecule has 20 heavy (non-hydrogen) atoms. The van der Waals surface area contributed by atoms with E-state index in [4.69, 9.17) is 14.2 Å². The molecule has 1 unspecified atom stereocenters. The van der Waals surface area contributed by atoms with Crippen molar-refractivity contribution < 1.29 is 14.2 Å². The highest BCUT2D eigenvalue weighted by Crippen LogP contribution is 2.33. The van der Waals surface area contributed by atoms with Gasteiger partial charge in [-0.3, -0.25) is 0 Å². The second kappa shape index (κ2) is 8.25. The molecule has 0 fully saturated rings. The van der Waals surface area contributed by atoms with Gasteiger partial charge in [0.25, 0.3) is 0 Å². The number of aryl methyl sites for hydroxylation is 1. The summed E-state index contributed by atoms with van der Waals surface area (Å²) in [6.07, 6.45) is 3.36. The largest absolute Gasteiger partial charge is 0.497 e. The molecule has 0 aromatic heterocycles. The van der Waals surface area contributed by atoms with Crippen LogP contribution in [0.4, 0.5) is 0 Å². The van der Waals surface area contributed by atoms with Gasteiger partial charge in [0.05, 0.1) is 20.3 Å². The summed E-state index contributed by atoms with van der Waals surface area (Å²) in [6.45, 7) is 3.12. The number of benzene rings is 1. The van der Waals surface area contributed by atoms with E-state index in [0.29, 0.717) is 19.3 Å². The van der Waals surface area contributed by atoms with Crippen LogP contribution in [0, 0.1) is 0 Å². The zero-order valence-corrected chi connectivity index (χ0v) is 12.5. The van der Waals surface area contributed by atoms with E-state index in [0.717, 1.165) is 31.7 Å². The third-order valence-corrected chi connectivity index (χ3v) is 3.72. The molecule has 4 nitrogen and oxygen atoms in total. The fourth-order valence-electron chi connectivity index (χ4n) is 2.61. The molecular formula is C16H25NO3. The first kappa shape index (κ1) is 15.3. The Morgan fingerprint density at radius 2 is 2.10 bits per heavy atom. The minimum Gasteiger partial charge on any atom is -0.497 e. The van der Waals surface area contributed by atoms with Crippen molar-refractivity contribution in [2.75, 3.05) is 40.6 Å². The second-order valence-corrected chi connectivity index (χ2v) is 5.07. The lowest BCUT2D eigenvalue weighted by Gasteiger charge is -2.15. The van der Waals surface area contributed by atoms with Crippen LogP contribution in [-0.4, -0.2) is 40.6 Å². The molecule has 0 saturated carbocycles. The quantitative estimate of drug-likeness (QED) is 0.704. The molecule has 1 atom stereocenters. The standard InChI is InChI=1S/C16H25NO3/c1-18-10-11-20-9-3-8-17-16-7-5-13-4-6-14(19-2)12-15(13)16/h4,6,12,16-17H,3,5,7-11H2,1-2H3. The molecule has 0 amide bonds. The van der Waals surface area contributed by atoms with Gasteiger partial charge in [0.15, 0.2) is 0 Å². The molecule has 112 valence electrons. The van der Waals surface area contributed by atoms with Crippen molar-refractivity contribution in [2.45, 2.75) is 25.3 Å². The molecule has 1 aromatic rings. The lowest BCUT2D eigenvalue weighted by atomic mass is 10.1. The van der Waals surface area contributed by atoms with E-state index in [2.05, 4.69) is 17.4 Å². The average molecular weight is 279 g/mol. The van der Waals surface area contributed by atoms with Crippen molar-refractivity contribution >= 4 is 0 Å². The van der Waals surface area contributed by atoms with Crippen LogP contribution >= 0.6 is 0 Å². The average Bonchev–Trinajstić information content (AvgIpc) is 2.88. The number of ether oxygens (including phenoxy) is 3. The lowest BCUT2D eigenvalue weighted by molar-refractivity contribution is 0.0692. The Kier molecular flexibility index (Phi) is 6.30. The highest BCUT2D eigenvalue weighted by molar-refractivity contribution is 5.40. The zero-order chi connectivity index (χ0) is 14.2. The number of methoxy groups -OCH3 is 2. The van der Waals surface area contributed by atoms with Crippen LogP contribution in [0.25, 0.3) is 0 Å². The van der Waals surface area contributed by atoms with Crippen LogP contribution in [0.3, 0.4) is 0 Å². The zero-order valence-electron chi connectivity index (χ0n) is 12.5. The van der Waals surface area contributed by atoms with Crippen LogP contribution in [0.2, 0.25) is 0 Å². The Bertz CT molecular complexity index is 409. The maximum atomic E-state index is 5.46. The van der Waals surface area contributed by atoms with Gasteiger partial charge in [0.2, 0.25) is 0 Å². The summed E-state index contributed by atoms with van der Waals surface area (Å²) in [4.78, 5) is 0. The number of hydrogen-bond donors (Lipinski definition) is 1. The summed E-state index contributed by atoms with van der Waals surface area (Å²) in [5, 5.41) is 3.61. The van der Waals surface area contributed by atoms with Crippen LogP contribution < -0.4 is 10.1 Å². The lowest BCUT2D eigenvalue weighted by Crippen LogP contribution is -2.21. The van der Waals surface area contributed by atoms with Gasteiger partial charge in [-0.15, -0.1) is 0 Å². The number of rotatable bonds is 9. The summed E-state index contributed by atoms with van der Waals surface area (Å²) in [5.74, 6) is 0.945. The van der Waals surface area contributed by atoms with E-state index in [1.54, 1.807) is 14.2 Å². The molecule has 4 heteroatoms. The van der Waals surface area contributed by atoms with Gasteiger partial charge in [-0.2, -0.15) is 0 Å². The molecule has 0 heterocycles. The minimum atomic E-state index is 0.457. The fraction of sp³-hybridized carbons (Fsp3) is 0.625. The summed E-state index contributed by atoms with van der Waals surface area (Å²) in [6, 6.07) is 6.85. The molecule has 2 rings (SSSR count). The Morgan fingerprint density at radius 1 is 1.20 bits per heavy atom. The smallest absolute Gasteiger partial charge is 0.119 e. The van der Waals surface area contributed by atoms with Crippen molar-refractivity contribution in [1.82, 2.24) is 5.32 Å². The maximum absolute atomic E-state index is 5.46. The van der Waals surface area contributed by atoms with Gasteiger partial charge < -0.3 is 19.5 Å². The summed E-state index contributed by atoms with van der Waals surface area (Å²) in [5.41, 5.74) is 2.84. The Hall–Kier alpha value is -1.10. The summed E-state index contributed by atoms with van der Waals surface area (Å²) in [7, 11) is 3.41. The van der Waals surface area contributed by atoms with Crippen molar-refractivity contribution in [1.29, 1.82) is 0 Å². The minimum absolute atomic E-state index is 0.457. The molecule has 1 aliphatic rings. The molecule has 0 spiro atoms. The number of fused-ring (bicyclic) bond motifs is 1. The van der Waals surface area contributed by atoms with E-state index < -0.39 is 0 Å². The van der Waals surface area contributed by atoms with Crippen LogP contribution in [0.5, 0.6) is 5.75 Å². The predicted molar refractivity (Wildman–Crippen MR) is 79.4 cm³/mol. The first-order valence-electron chi connectivity index (χ1n) is 7.32. The molecule has 1 aliphatic carbocycles. The Labute approximate surface area is 121 Å². The van der Waals surface area contributed by atoms with Gasteiger partial charge in [0.1, 0.15) is 5.75 Å². The molecule has 0 aliphatic heterocycles. The van der Waals surface area contributed by atoms with Crippen molar-refractivity contribution in [2.24, 2.45) is 0 Å². The SMILES string of the molecule is COCCOCCCNC1CCc2ccc(OC)cc21. The molecule has 0 radical (unpaired) electrons. The van der Waals surface area contributed by atoms with E-state index in [9.17, 15) is 0 Å². The normalized spacial score (nSPS) is 17.2. The van der Waals surface area contributed by atoms with Crippen LogP contribution in [0.15, 0.2) is 18.2 Å². The predicted octanol–water partition coefficient (Wildman–Crippen LogP) is 2.33. The third-order valence-electron chi connectivity index (χ3n) is 3.72. The molecule has 0 bridgehead atoms. The highest BCUT2D eigenvalue weighted by atomic mass is 16.5. The second-order valence-electron chi connectivity index (χ2n) is 5.07. The summed E-state index contributed by atoms with van der Waals surface area (Å²) < 4.78 is 15.7. The van der Waals surface area contributed by atoms with E-state index >= 15 is 0 Å². The van der Waals surface area contributed by atoms with Crippen molar-refractivity contribution in [3.05, 3.63) is 29.3 Å². The van der Waals surface area contributed by atoms with Gasteiger partial charge in [-0.1, -0.05) is 6.07 Å². The van der Waals surface area contributed by atoms with Gasteiger partial charge >= 0.3 is 0 Å². The molecule has 1 N–H and O–H groups in total. The first-order chi connectivity index (χ1) is 9.85. The fourth-order valence-corrected chi connectivity index (χ4v) is 2.61. The van der Waals surface area contributed by atoms with E-state index in [1.807, 2.05) is 6.07 Å². The van der Waals surface area contributed by atoms with Crippen molar-refractivity contribution in [3.63, 3.8) is 0 Å². The summed E-state index contributed by atoms with van der Waals surface area (Å²) >= 11 is 0. The van der Waals surface area contributed by atoms with Gasteiger partial charge in [-0.05, 0) is 49.1 Å². The van der Waals surface area contributed by atoms with Crippen LogP contribution in [-0.2, 0) is 15.9 Å². The monoisotopic (exact) mass is 279 g/mol. The van der Waals surface area contributed by atoms with Gasteiger partial charge in [0, 0.05) is 19.8 Å². The van der Waals surface area contributed by atoms with E-state index in [-0.39, 0.29) is 0 Å². The molecular weight excluding hydrogens is 254 g/mol.